The molecule has 0 aromatic heterocycles. The minimum absolute atomic E-state index is 0.294. The molecule has 5 heteroatoms. The zero-order chi connectivity index (χ0) is 41.5. The average Bonchev–Trinajstić information content (AvgIpc) is 3.61. The van der Waals surface area contributed by atoms with Gasteiger partial charge in [-0.3, -0.25) is 0 Å². The number of ether oxygens (including phenoxy) is 5. The first kappa shape index (κ1) is 49.1. The largest absolute Gasteiger partial charge is 0.372 e. The summed E-state index contributed by atoms with van der Waals surface area (Å²) in [5.74, 6) is 0. The quantitative estimate of drug-likeness (QED) is 0.0432. The number of benzene rings is 3. The minimum Gasteiger partial charge on any atom is -0.372 e. The Labute approximate surface area is 361 Å². The van der Waals surface area contributed by atoms with Gasteiger partial charge in [-0.05, 0) is 36.0 Å². The Morgan fingerprint density at radius 3 is 1.08 bits per heavy atom. The predicted molar refractivity (Wildman–Crippen MR) is 247 cm³/mol. The van der Waals surface area contributed by atoms with Crippen LogP contribution in [0, 0.1) is 0 Å². The van der Waals surface area contributed by atoms with Crippen LogP contribution >= 0.6 is 0 Å². The summed E-state index contributed by atoms with van der Waals surface area (Å²) in [6.45, 7) is 9.21. The summed E-state index contributed by atoms with van der Waals surface area (Å²) in [4.78, 5) is 0. The standard InChI is InChI=1S/C54H84O5/c1-4-7-10-13-16-19-22-34-43-55-51-50(46-58-54(47-37-28-25-29-38-47,48-39-30-26-31-40-48)49-41-32-27-33-42-49)59-53(57-45-36-24-21-18-15-12-9-6-3)52(51)56-44-35-23-20-17-14-11-8-5-2/h25-33,37-42,50-53H,4-24,34-36,43-46H2,1-3H3/t50-,51?,52+,53-/m1/s1. The van der Waals surface area contributed by atoms with Gasteiger partial charge in [0.1, 0.15) is 23.9 Å². The van der Waals surface area contributed by atoms with E-state index in [1.54, 1.807) is 0 Å². The van der Waals surface area contributed by atoms with Crippen LogP contribution in [-0.4, -0.2) is 51.0 Å². The summed E-state index contributed by atoms with van der Waals surface area (Å²) in [5, 5.41) is 0. The Hall–Kier alpha value is -2.54. The van der Waals surface area contributed by atoms with E-state index in [4.69, 9.17) is 23.7 Å². The molecule has 1 heterocycles. The highest BCUT2D eigenvalue weighted by Crippen LogP contribution is 2.41. The Bertz CT molecular complexity index is 1290. The van der Waals surface area contributed by atoms with Crippen LogP contribution in [0.5, 0.6) is 0 Å². The van der Waals surface area contributed by atoms with Crippen molar-refractivity contribution in [1.82, 2.24) is 0 Å². The maximum absolute atomic E-state index is 7.37. The van der Waals surface area contributed by atoms with Crippen molar-refractivity contribution >= 4 is 0 Å². The smallest absolute Gasteiger partial charge is 0.186 e. The summed E-state index contributed by atoms with van der Waals surface area (Å²) >= 11 is 0. The first-order chi connectivity index (χ1) is 29.2. The van der Waals surface area contributed by atoms with Gasteiger partial charge in [0.2, 0.25) is 0 Å². The van der Waals surface area contributed by atoms with Gasteiger partial charge in [-0.1, -0.05) is 247 Å². The maximum Gasteiger partial charge on any atom is 0.186 e. The molecule has 5 nitrogen and oxygen atoms in total. The topological polar surface area (TPSA) is 46.2 Å². The molecule has 330 valence electrons. The van der Waals surface area contributed by atoms with Gasteiger partial charge in [0, 0.05) is 19.8 Å². The third kappa shape index (κ3) is 17.8. The second-order valence-electron chi connectivity index (χ2n) is 17.1. The van der Waals surface area contributed by atoms with Crippen molar-refractivity contribution in [3.8, 4) is 0 Å². The zero-order valence-electron chi connectivity index (χ0n) is 37.8. The van der Waals surface area contributed by atoms with Crippen LogP contribution < -0.4 is 0 Å². The van der Waals surface area contributed by atoms with Crippen LogP contribution in [0.4, 0.5) is 0 Å². The highest BCUT2D eigenvalue weighted by molar-refractivity contribution is 5.47. The summed E-state index contributed by atoms with van der Waals surface area (Å²) in [6, 6.07) is 31.9. The fourth-order valence-corrected chi connectivity index (χ4v) is 8.66. The molecule has 3 aromatic rings. The van der Waals surface area contributed by atoms with Crippen molar-refractivity contribution in [3.05, 3.63) is 108 Å². The average molecular weight is 813 g/mol. The summed E-state index contributed by atoms with van der Waals surface area (Å²) in [7, 11) is 0. The van der Waals surface area contributed by atoms with Crippen molar-refractivity contribution in [2.24, 2.45) is 0 Å². The van der Waals surface area contributed by atoms with Gasteiger partial charge < -0.3 is 23.7 Å². The number of rotatable bonds is 36. The minimum atomic E-state index is -0.848. The van der Waals surface area contributed by atoms with Crippen molar-refractivity contribution in [2.75, 3.05) is 26.4 Å². The van der Waals surface area contributed by atoms with Gasteiger partial charge in [-0.2, -0.15) is 0 Å². The van der Waals surface area contributed by atoms with E-state index in [1.807, 2.05) is 0 Å². The van der Waals surface area contributed by atoms with Crippen LogP contribution in [0.15, 0.2) is 91.0 Å². The predicted octanol–water partition coefficient (Wildman–Crippen LogP) is 14.9. The Morgan fingerprint density at radius 1 is 0.390 bits per heavy atom. The SMILES string of the molecule is CCCCCCCCCCOC1[C@@H](COC(c2ccccc2)(c2ccccc2)c2ccccc2)O[C@@H](OCCCCCCCCCC)[C@H]1OCCCCCCCCCC. The fraction of sp³-hybridized carbons (Fsp3) is 0.667. The molecule has 1 unspecified atom stereocenters. The monoisotopic (exact) mass is 813 g/mol. The molecule has 1 aliphatic rings. The highest BCUT2D eigenvalue weighted by atomic mass is 16.7. The van der Waals surface area contributed by atoms with Gasteiger partial charge in [-0.15, -0.1) is 0 Å². The van der Waals surface area contributed by atoms with Crippen molar-refractivity contribution in [3.63, 3.8) is 0 Å². The van der Waals surface area contributed by atoms with E-state index in [-0.39, 0.29) is 18.3 Å². The second kappa shape index (κ2) is 31.3. The lowest BCUT2D eigenvalue weighted by molar-refractivity contribution is -0.185. The van der Waals surface area contributed by atoms with E-state index in [0.717, 1.165) is 36.0 Å². The summed E-state index contributed by atoms with van der Waals surface area (Å²) in [5.41, 5.74) is 2.39. The van der Waals surface area contributed by atoms with Crippen LogP contribution in [0.1, 0.15) is 192 Å². The summed E-state index contributed by atoms with van der Waals surface area (Å²) < 4.78 is 34.7. The van der Waals surface area contributed by atoms with Crippen LogP contribution in [0.3, 0.4) is 0 Å². The Balaban J connectivity index is 1.51. The molecule has 0 saturated carbocycles. The Kier molecular flexibility index (Phi) is 26.1. The van der Waals surface area contributed by atoms with Crippen molar-refractivity contribution in [2.45, 2.75) is 205 Å². The normalized spacial score (nSPS) is 18.2. The van der Waals surface area contributed by atoms with E-state index in [1.165, 1.54) is 135 Å². The lowest BCUT2D eigenvalue weighted by atomic mass is 9.80. The van der Waals surface area contributed by atoms with Gasteiger partial charge in [0.15, 0.2) is 6.29 Å². The molecule has 0 bridgehead atoms. The molecular weight excluding hydrogens is 729 g/mol. The molecular formula is C54H84O5. The fourth-order valence-electron chi connectivity index (χ4n) is 8.66. The molecule has 4 atom stereocenters. The molecule has 0 aliphatic carbocycles. The van der Waals surface area contributed by atoms with E-state index in [0.29, 0.717) is 26.4 Å². The first-order valence-electron chi connectivity index (χ1n) is 24.5. The van der Waals surface area contributed by atoms with Gasteiger partial charge in [-0.25, -0.2) is 0 Å². The second-order valence-corrected chi connectivity index (χ2v) is 17.1. The first-order valence-corrected chi connectivity index (χ1v) is 24.5. The van der Waals surface area contributed by atoms with Gasteiger partial charge in [0.25, 0.3) is 0 Å². The molecule has 1 saturated heterocycles. The highest BCUT2D eigenvalue weighted by Gasteiger charge is 2.49. The van der Waals surface area contributed by atoms with E-state index >= 15 is 0 Å². The van der Waals surface area contributed by atoms with Crippen molar-refractivity contribution < 1.29 is 23.7 Å². The molecule has 0 radical (unpaired) electrons. The molecule has 0 N–H and O–H groups in total. The van der Waals surface area contributed by atoms with E-state index in [9.17, 15) is 0 Å². The van der Waals surface area contributed by atoms with Gasteiger partial charge in [0.05, 0.1) is 6.61 Å². The number of unbranched alkanes of at least 4 members (excludes halogenated alkanes) is 21. The molecule has 4 rings (SSSR count). The number of hydrogen-bond donors (Lipinski definition) is 0. The third-order valence-electron chi connectivity index (χ3n) is 12.2. The summed E-state index contributed by atoms with van der Waals surface area (Å²) in [6.07, 6.45) is 28.9. The lowest BCUT2D eigenvalue weighted by Crippen LogP contribution is -2.42. The zero-order valence-corrected chi connectivity index (χ0v) is 37.8. The molecule has 1 aliphatic heterocycles. The number of hydrogen-bond acceptors (Lipinski definition) is 5. The molecule has 59 heavy (non-hydrogen) atoms. The molecule has 0 spiro atoms. The molecule has 1 fully saturated rings. The van der Waals surface area contributed by atoms with Crippen molar-refractivity contribution in [1.29, 1.82) is 0 Å². The third-order valence-corrected chi connectivity index (χ3v) is 12.2. The van der Waals surface area contributed by atoms with Crippen LogP contribution in [0.25, 0.3) is 0 Å². The Morgan fingerprint density at radius 2 is 0.712 bits per heavy atom. The lowest BCUT2D eigenvalue weighted by Gasteiger charge is -2.37. The van der Waals surface area contributed by atoms with Gasteiger partial charge >= 0.3 is 0 Å². The van der Waals surface area contributed by atoms with Crippen LogP contribution in [0.2, 0.25) is 0 Å². The molecule has 3 aromatic carbocycles. The maximum atomic E-state index is 7.37. The molecule has 0 amide bonds. The van der Waals surface area contributed by atoms with Crippen LogP contribution in [-0.2, 0) is 29.3 Å². The van der Waals surface area contributed by atoms with E-state index < -0.39 is 11.9 Å². The van der Waals surface area contributed by atoms with E-state index in [2.05, 4.69) is 112 Å².